The highest BCUT2D eigenvalue weighted by atomic mass is 35.5. The minimum Gasteiger partial charge on any atom is -0.343 e. The van der Waals surface area contributed by atoms with Gasteiger partial charge in [-0.1, -0.05) is 11.6 Å². The van der Waals surface area contributed by atoms with E-state index in [1.807, 2.05) is 0 Å². The van der Waals surface area contributed by atoms with Crippen molar-refractivity contribution < 1.29 is 4.79 Å². The topological polar surface area (TPSA) is 103 Å². The largest absolute Gasteiger partial charge is 0.343 e. The van der Waals surface area contributed by atoms with E-state index >= 15 is 0 Å². The van der Waals surface area contributed by atoms with E-state index in [2.05, 4.69) is 30.5 Å². The molecule has 0 fully saturated rings. The molecule has 4 aromatic rings. The second-order valence-corrected chi connectivity index (χ2v) is 5.50. The average molecular weight is 355 g/mol. The zero-order valence-electron chi connectivity index (χ0n) is 12.7. The Balaban J connectivity index is 1.51. The lowest BCUT2D eigenvalue weighted by atomic mass is 10.3. The lowest BCUT2D eigenvalue weighted by Crippen LogP contribution is -2.25. The van der Waals surface area contributed by atoms with Gasteiger partial charge in [0.15, 0.2) is 11.5 Å². The Labute approximate surface area is 146 Å². The van der Waals surface area contributed by atoms with Crippen LogP contribution < -0.4 is 5.32 Å². The van der Waals surface area contributed by atoms with E-state index in [-0.39, 0.29) is 18.1 Å². The smallest absolute Gasteiger partial charge is 0.272 e. The van der Waals surface area contributed by atoms with E-state index in [1.54, 1.807) is 47.4 Å². The van der Waals surface area contributed by atoms with Crippen molar-refractivity contribution in [2.45, 2.75) is 6.54 Å². The van der Waals surface area contributed by atoms with Gasteiger partial charge in [0.25, 0.3) is 11.9 Å². The monoisotopic (exact) mass is 354 g/mol. The van der Waals surface area contributed by atoms with Crippen molar-refractivity contribution in [2.24, 2.45) is 0 Å². The van der Waals surface area contributed by atoms with Crippen LogP contribution in [0.5, 0.6) is 0 Å². The van der Waals surface area contributed by atoms with Gasteiger partial charge in [-0.25, -0.2) is 19.5 Å². The number of amides is 1. The summed E-state index contributed by atoms with van der Waals surface area (Å²) in [4.78, 5) is 24.7. The van der Waals surface area contributed by atoms with E-state index in [4.69, 9.17) is 11.6 Å². The summed E-state index contributed by atoms with van der Waals surface area (Å²) in [6, 6.07) is 6.91. The maximum absolute atomic E-state index is 12.3. The van der Waals surface area contributed by atoms with Gasteiger partial charge in [0.05, 0.1) is 17.1 Å². The fourth-order valence-electron chi connectivity index (χ4n) is 2.28. The summed E-state index contributed by atoms with van der Waals surface area (Å²) in [6.45, 7) is 0.158. The Hall–Kier alpha value is -3.33. The highest BCUT2D eigenvalue weighted by Crippen LogP contribution is 2.12. The summed E-state index contributed by atoms with van der Waals surface area (Å²) in [5.74, 6) is 0.557. The molecule has 0 aromatic carbocycles. The van der Waals surface area contributed by atoms with Gasteiger partial charge < -0.3 is 5.32 Å². The fourth-order valence-corrected chi connectivity index (χ4v) is 2.43. The Morgan fingerprint density at radius 3 is 2.88 bits per heavy atom. The molecule has 1 amide bonds. The van der Waals surface area contributed by atoms with Gasteiger partial charge >= 0.3 is 0 Å². The number of nitrogens with one attached hydrogen (secondary N) is 1. The third-order valence-electron chi connectivity index (χ3n) is 3.42. The molecular formula is C15H11ClN8O. The summed E-state index contributed by atoms with van der Waals surface area (Å²) in [5.41, 5.74) is 1.06. The summed E-state index contributed by atoms with van der Waals surface area (Å²) in [7, 11) is 0. The minimum absolute atomic E-state index is 0.158. The number of carbonyl (C=O) groups excluding carboxylic acids is 1. The molecule has 10 heteroatoms. The lowest BCUT2D eigenvalue weighted by Gasteiger charge is -2.04. The van der Waals surface area contributed by atoms with Crippen LogP contribution in [-0.4, -0.2) is 40.3 Å². The Bertz CT molecular complexity index is 1040. The zero-order chi connectivity index (χ0) is 17.2. The maximum Gasteiger partial charge on any atom is 0.272 e. The van der Waals surface area contributed by atoms with Gasteiger partial charge in [0.2, 0.25) is 0 Å². The van der Waals surface area contributed by atoms with Crippen LogP contribution in [0.3, 0.4) is 0 Å². The molecule has 0 bridgehead atoms. The molecule has 0 saturated heterocycles. The second kappa shape index (κ2) is 6.29. The van der Waals surface area contributed by atoms with Crippen molar-refractivity contribution in [3.63, 3.8) is 0 Å². The molecule has 0 spiro atoms. The van der Waals surface area contributed by atoms with Gasteiger partial charge in [-0.05, 0) is 24.3 Å². The third kappa shape index (κ3) is 3.04. The molecule has 25 heavy (non-hydrogen) atoms. The summed E-state index contributed by atoms with van der Waals surface area (Å²) in [6.07, 6.45) is 6.23. The van der Waals surface area contributed by atoms with Crippen LogP contribution in [0.25, 0.3) is 11.5 Å². The number of rotatable bonds is 4. The SMILES string of the molecule is O=C(NCc1ncnn1-c1ncccn1)c1cc2ccc(Cl)cn2n1. The van der Waals surface area contributed by atoms with Crippen LogP contribution in [0, 0.1) is 0 Å². The molecule has 0 unspecified atom stereocenters. The number of nitrogens with zero attached hydrogens (tertiary/aromatic N) is 7. The number of carbonyl (C=O) groups is 1. The van der Waals surface area contributed by atoms with Crippen LogP contribution in [0.4, 0.5) is 0 Å². The Kier molecular flexibility index (Phi) is 3.82. The molecule has 0 aliphatic rings. The first-order valence-electron chi connectivity index (χ1n) is 7.30. The van der Waals surface area contributed by atoms with Crippen molar-refractivity contribution in [1.29, 1.82) is 0 Å². The van der Waals surface area contributed by atoms with Gasteiger partial charge in [-0.15, -0.1) is 0 Å². The summed E-state index contributed by atoms with van der Waals surface area (Å²) < 4.78 is 3.02. The number of hydrogen-bond acceptors (Lipinski definition) is 6. The minimum atomic E-state index is -0.330. The quantitative estimate of drug-likeness (QED) is 0.592. The van der Waals surface area contributed by atoms with Crippen molar-refractivity contribution in [1.82, 2.24) is 39.7 Å². The molecule has 0 aliphatic carbocycles. The number of pyridine rings is 1. The second-order valence-electron chi connectivity index (χ2n) is 5.07. The summed E-state index contributed by atoms with van der Waals surface area (Å²) in [5, 5.41) is 11.6. The van der Waals surface area contributed by atoms with E-state index in [9.17, 15) is 4.79 Å². The predicted molar refractivity (Wildman–Crippen MR) is 88.3 cm³/mol. The molecule has 124 valence electrons. The number of halogens is 1. The molecule has 4 aromatic heterocycles. The molecule has 4 rings (SSSR count). The highest BCUT2D eigenvalue weighted by molar-refractivity contribution is 6.30. The van der Waals surface area contributed by atoms with Crippen LogP contribution in [-0.2, 0) is 6.54 Å². The van der Waals surface area contributed by atoms with E-state index in [0.717, 1.165) is 5.52 Å². The maximum atomic E-state index is 12.3. The summed E-state index contributed by atoms with van der Waals surface area (Å²) >= 11 is 5.92. The molecule has 4 heterocycles. The van der Waals surface area contributed by atoms with Crippen molar-refractivity contribution >= 4 is 23.0 Å². The predicted octanol–water partition coefficient (Wildman–Crippen LogP) is 1.29. The van der Waals surface area contributed by atoms with Crippen LogP contribution in [0.2, 0.25) is 5.02 Å². The van der Waals surface area contributed by atoms with Crippen LogP contribution in [0.1, 0.15) is 16.3 Å². The Morgan fingerprint density at radius 2 is 2.04 bits per heavy atom. The first-order chi connectivity index (χ1) is 12.2. The standard InChI is InChI=1S/C15H11ClN8O/c16-10-2-3-11-6-12(22-23(11)8-10)14(25)19-7-13-20-9-21-24(13)15-17-4-1-5-18-15/h1-6,8-9H,7H2,(H,19,25). The molecule has 9 nitrogen and oxygen atoms in total. The number of fused-ring (bicyclic) bond motifs is 1. The van der Waals surface area contributed by atoms with E-state index < -0.39 is 0 Å². The number of aromatic nitrogens is 7. The van der Waals surface area contributed by atoms with Gasteiger partial charge in [-0.3, -0.25) is 4.79 Å². The van der Waals surface area contributed by atoms with Gasteiger partial charge in [-0.2, -0.15) is 14.9 Å². The normalized spacial score (nSPS) is 10.9. The average Bonchev–Trinajstić information content (AvgIpc) is 3.26. The van der Waals surface area contributed by atoms with Crippen LogP contribution >= 0.6 is 11.6 Å². The highest BCUT2D eigenvalue weighted by Gasteiger charge is 2.14. The molecule has 0 saturated carbocycles. The van der Waals surface area contributed by atoms with Gasteiger partial charge in [0, 0.05) is 18.6 Å². The first-order valence-corrected chi connectivity index (χ1v) is 7.68. The molecule has 0 aliphatic heterocycles. The van der Waals surface area contributed by atoms with Crippen molar-refractivity contribution in [2.75, 3.05) is 0 Å². The number of hydrogen-bond donors (Lipinski definition) is 1. The molecule has 0 radical (unpaired) electrons. The Morgan fingerprint density at radius 1 is 1.20 bits per heavy atom. The first kappa shape index (κ1) is 15.2. The molecule has 1 N–H and O–H groups in total. The van der Waals surface area contributed by atoms with Crippen molar-refractivity contribution in [3.05, 3.63) is 65.7 Å². The third-order valence-corrected chi connectivity index (χ3v) is 3.65. The van der Waals surface area contributed by atoms with Gasteiger partial charge in [0.1, 0.15) is 6.33 Å². The van der Waals surface area contributed by atoms with E-state index in [1.165, 1.54) is 11.0 Å². The zero-order valence-corrected chi connectivity index (χ0v) is 13.5. The van der Waals surface area contributed by atoms with E-state index in [0.29, 0.717) is 16.8 Å². The molecule has 0 atom stereocenters. The van der Waals surface area contributed by atoms with Crippen LogP contribution in [0.15, 0.2) is 49.2 Å². The fraction of sp³-hybridized carbons (Fsp3) is 0.0667. The lowest BCUT2D eigenvalue weighted by molar-refractivity contribution is 0.0944. The van der Waals surface area contributed by atoms with Crippen molar-refractivity contribution in [3.8, 4) is 5.95 Å². The molecular weight excluding hydrogens is 344 g/mol.